The van der Waals surface area contributed by atoms with E-state index < -0.39 is 0 Å². The van der Waals surface area contributed by atoms with Crippen LogP contribution in [-0.2, 0) is 6.54 Å². The maximum atomic E-state index is 12.6. The van der Waals surface area contributed by atoms with Crippen molar-refractivity contribution in [1.29, 1.82) is 0 Å². The van der Waals surface area contributed by atoms with Gasteiger partial charge in [0.15, 0.2) is 0 Å². The number of anilines is 1. The van der Waals surface area contributed by atoms with Gasteiger partial charge in [0.25, 0.3) is 5.91 Å². The topological polar surface area (TPSA) is 75.6 Å². The van der Waals surface area contributed by atoms with E-state index >= 15 is 0 Å². The normalized spacial score (nSPS) is 11.1. The summed E-state index contributed by atoms with van der Waals surface area (Å²) in [5, 5.41) is 6.37. The largest absolute Gasteiger partial charge is 0.495 e. The minimum atomic E-state index is -0.267. The number of ether oxygens (including phenoxy) is 1. The number of nitrogens with one attached hydrogen (secondary N) is 2. The molecule has 29 heavy (non-hydrogen) atoms. The number of benzene rings is 2. The standard InChI is InChI=1S/C22H21ClN4O2/c1-15-6-8-16(9-7-15)21(28)27-22(25-14-18-5-3-4-12-24-18)26-17-10-11-20(29-2)19(23)13-17/h3-13H,14H2,1-2H3,(H2,25,26,27,28). The molecule has 3 aromatic rings. The minimum Gasteiger partial charge on any atom is -0.495 e. The van der Waals surface area contributed by atoms with Crippen LogP contribution in [0.2, 0.25) is 5.02 Å². The van der Waals surface area contributed by atoms with Gasteiger partial charge in [0.1, 0.15) is 5.75 Å². The molecule has 0 aliphatic heterocycles. The molecule has 0 atom stereocenters. The molecule has 0 aliphatic carbocycles. The molecule has 1 aromatic heterocycles. The third-order valence-electron chi connectivity index (χ3n) is 4.09. The van der Waals surface area contributed by atoms with E-state index in [1.54, 1.807) is 43.6 Å². The van der Waals surface area contributed by atoms with Crippen molar-refractivity contribution in [2.75, 3.05) is 12.4 Å². The molecule has 0 fully saturated rings. The summed E-state index contributed by atoms with van der Waals surface area (Å²) in [5.41, 5.74) is 3.07. The van der Waals surface area contributed by atoms with E-state index in [1.165, 1.54) is 0 Å². The Morgan fingerprint density at radius 2 is 1.93 bits per heavy atom. The van der Waals surface area contributed by atoms with E-state index in [2.05, 4.69) is 20.6 Å². The first-order valence-electron chi connectivity index (χ1n) is 8.98. The number of carbonyl (C=O) groups is 1. The lowest BCUT2D eigenvalue weighted by Crippen LogP contribution is -2.36. The zero-order valence-corrected chi connectivity index (χ0v) is 16.9. The molecule has 0 saturated carbocycles. The van der Waals surface area contributed by atoms with Crippen molar-refractivity contribution in [1.82, 2.24) is 10.3 Å². The van der Waals surface area contributed by atoms with Crippen LogP contribution in [0, 0.1) is 6.92 Å². The monoisotopic (exact) mass is 408 g/mol. The summed E-state index contributed by atoms with van der Waals surface area (Å²) in [6, 6.07) is 18.1. The van der Waals surface area contributed by atoms with Crippen LogP contribution in [0.15, 0.2) is 71.9 Å². The molecule has 0 saturated heterocycles. The Morgan fingerprint density at radius 3 is 2.59 bits per heavy atom. The van der Waals surface area contributed by atoms with E-state index in [1.807, 2.05) is 37.3 Å². The Balaban J connectivity index is 1.81. The summed E-state index contributed by atoms with van der Waals surface area (Å²) in [6.07, 6.45) is 1.70. The maximum absolute atomic E-state index is 12.6. The second-order valence-electron chi connectivity index (χ2n) is 6.28. The maximum Gasteiger partial charge on any atom is 0.257 e. The number of halogens is 1. The molecule has 0 unspecified atom stereocenters. The smallest absolute Gasteiger partial charge is 0.257 e. The molecule has 3 rings (SSSR count). The van der Waals surface area contributed by atoms with Gasteiger partial charge in [0.2, 0.25) is 5.96 Å². The number of pyridine rings is 1. The SMILES string of the molecule is COc1ccc(NC(=NCc2ccccn2)NC(=O)c2ccc(C)cc2)cc1Cl. The minimum absolute atomic E-state index is 0.267. The summed E-state index contributed by atoms with van der Waals surface area (Å²) in [4.78, 5) is 21.4. The average molecular weight is 409 g/mol. The van der Waals surface area contributed by atoms with E-state index in [4.69, 9.17) is 16.3 Å². The summed E-state index contributed by atoms with van der Waals surface area (Å²) in [7, 11) is 1.55. The van der Waals surface area contributed by atoms with Crippen molar-refractivity contribution < 1.29 is 9.53 Å². The van der Waals surface area contributed by atoms with Crippen molar-refractivity contribution in [2.24, 2.45) is 4.99 Å². The lowest BCUT2D eigenvalue weighted by atomic mass is 10.1. The van der Waals surface area contributed by atoms with E-state index in [0.29, 0.717) is 34.5 Å². The third-order valence-corrected chi connectivity index (χ3v) is 4.38. The number of amides is 1. The van der Waals surface area contributed by atoms with Gasteiger partial charge in [-0.25, -0.2) is 4.99 Å². The van der Waals surface area contributed by atoms with Crippen LogP contribution < -0.4 is 15.4 Å². The molecule has 0 radical (unpaired) electrons. The molecule has 1 heterocycles. The Hall–Kier alpha value is -3.38. The number of rotatable bonds is 5. The highest BCUT2D eigenvalue weighted by Gasteiger charge is 2.10. The van der Waals surface area contributed by atoms with Crippen LogP contribution in [0.3, 0.4) is 0 Å². The van der Waals surface area contributed by atoms with Gasteiger partial charge >= 0.3 is 0 Å². The molecule has 0 bridgehead atoms. The van der Waals surface area contributed by atoms with Crippen LogP contribution in [0.5, 0.6) is 5.75 Å². The highest BCUT2D eigenvalue weighted by atomic mass is 35.5. The fraction of sp³-hybridized carbons (Fsp3) is 0.136. The summed E-state index contributed by atoms with van der Waals surface area (Å²) in [5.74, 6) is 0.590. The second-order valence-corrected chi connectivity index (χ2v) is 6.69. The highest BCUT2D eigenvalue weighted by molar-refractivity contribution is 6.32. The first-order valence-corrected chi connectivity index (χ1v) is 9.36. The Kier molecular flexibility index (Phi) is 6.81. The van der Waals surface area contributed by atoms with Crippen molar-refractivity contribution >= 4 is 29.2 Å². The van der Waals surface area contributed by atoms with Gasteiger partial charge in [0.05, 0.1) is 24.4 Å². The van der Waals surface area contributed by atoms with Gasteiger partial charge in [-0.15, -0.1) is 0 Å². The third kappa shape index (κ3) is 5.80. The quantitative estimate of drug-likeness (QED) is 0.483. The molecular weight excluding hydrogens is 388 g/mol. The second kappa shape index (κ2) is 9.71. The molecule has 0 spiro atoms. The number of guanidine groups is 1. The zero-order valence-electron chi connectivity index (χ0n) is 16.1. The zero-order chi connectivity index (χ0) is 20.6. The fourth-order valence-electron chi connectivity index (χ4n) is 2.53. The summed E-state index contributed by atoms with van der Waals surface area (Å²) >= 11 is 6.20. The van der Waals surface area contributed by atoms with E-state index in [9.17, 15) is 4.79 Å². The van der Waals surface area contributed by atoms with Crippen molar-refractivity contribution in [3.05, 3.63) is 88.7 Å². The van der Waals surface area contributed by atoms with Gasteiger partial charge in [-0.3, -0.25) is 15.1 Å². The van der Waals surface area contributed by atoms with E-state index in [0.717, 1.165) is 11.3 Å². The molecular formula is C22H21ClN4O2. The van der Waals surface area contributed by atoms with Crippen molar-refractivity contribution in [3.63, 3.8) is 0 Å². The molecule has 2 aromatic carbocycles. The average Bonchev–Trinajstić information content (AvgIpc) is 2.73. The van der Waals surface area contributed by atoms with Crippen LogP contribution in [0.4, 0.5) is 5.69 Å². The van der Waals surface area contributed by atoms with Crippen molar-refractivity contribution in [3.8, 4) is 5.75 Å². The summed E-state index contributed by atoms with van der Waals surface area (Å²) in [6.45, 7) is 2.28. The Bertz CT molecular complexity index is 1010. The predicted molar refractivity (Wildman–Crippen MR) is 116 cm³/mol. The fourth-order valence-corrected chi connectivity index (χ4v) is 2.79. The molecule has 7 heteroatoms. The number of nitrogens with zero attached hydrogens (tertiary/aromatic N) is 2. The first-order chi connectivity index (χ1) is 14.0. The van der Waals surface area contributed by atoms with Gasteiger partial charge < -0.3 is 10.1 Å². The number of hydrogen-bond donors (Lipinski definition) is 2. The molecule has 148 valence electrons. The van der Waals surface area contributed by atoms with Gasteiger partial charge in [0, 0.05) is 17.4 Å². The van der Waals surface area contributed by atoms with Crippen LogP contribution >= 0.6 is 11.6 Å². The van der Waals surface area contributed by atoms with Gasteiger partial charge in [-0.05, 0) is 49.4 Å². The van der Waals surface area contributed by atoms with Crippen LogP contribution in [-0.4, -0.2) is 24.0 Å². The summed E-state index contributed by atoms with van der Waals surface area (Å²) < 4.78 is 5.17. The first kappa shape index (κ1) is 20.4. The van der Waals surface area contributed by atoms with Gasteiger partial charge in [-0.2, -0.15) is 0 Å². The predicted octanol–water partition coefficient (Wildman–Crippen LogP) is 4.45. The number of methoxy groups -OCH3 is 1. The van der Waals surface area contributed by atoms with Crippen LogP contribution in [0.1, 0.15) is 21.6 Å². The molecule has 2 N–H and O–H groups in total. The highest BCUT2D eigenvalue weighted by Crippen LogP contribution is 2.27. The Labute approximate surface area is 174 Å². The van der Waals surface area contributed by atoms with E-state index in [-0.39, 0.29) is 5.91 Å². The lowest BCUT2D eigenvalue weighted by molar-refractivity contribution is 0.0977. The lowest BCUT2D eigenvalue weighted by Gasteiger charge is -2.13. The number of hydrogen-bond acceptors (Lipinski definition) is 4. The van der Waals surface area contributed by atoms with Gasteiger partial charge in [-0.1, -0.05) is 35.4 Å². The number of carbonyl (C=O) groups excluding carboxylic acids is 1. The number of aliphatic imine (C=N–C) groups is 1. The molecule has 1 amide bonds. The molecule has 0 aliphatic rings. The number of aromatic nitrogens is 1. The van der Waals surface area contributed by atoms with Crippen molar-refractivity contribution in [2.45, 2.75) is 13.5 Å². The Morgan fingerprint density at radius 1 is 1.14 bits per heavy atom. The number of aryl methyl sites for hydroxylation is 1. The van der Waals surface area contributed by atoms with Crippen LogP contribution in [0.25, 0.3) is 0 Å². The molecule has 6 nitrogen and oxygen atoms in total.